The Bertz CT molecular complexity index is 83.4. The normalized spacial score (nSPS) is 34.0. The van der Waals surface area contributed by atoms with E-state index in [0.717, 1.165) is 0 Å². The summed E-state index contributed by atoms with van der Waals surface area (Å²) in [5.41, 5.74) is 5.20. The van der Waals surface area contributed by atoms with Gasteiger partial charge in [-0.15, -0.1) is 12.4 Å². The first kappa shape index (κ1) is 9.14. The average Bonchev–Trinajstić information content (AvgIpc) is 2.14. The molecule has 1 saturated heterocycles. The minimum atomic E-state index is -0.774. The van der Waals surface area contributed by atoms with Crippen LogP contribution in [-0.4, -0.2) is 25.4 Å². The lowest BCUT2D eigenvalue weighted by molar-refractivity contribution is 0.109. The third-order valence-corrected chi connectivity index (χ3v) is 1.29. The molecule has 2 atom stereocenters. The van der Waals surface area contributed by atoms with Gasteiger partial charge in [0.2, 0.25) is 0 Å². The smallest absolute Gasteiger partial charge is 0.126 e. The SMILES string of the molecule is Cl.NC[C@@H]1C[C@H](F)CO1. The quantitative estimate of drug-likeness (QED) is 0.599. The molecule has 1 fully saturated rings. The number of alkyl halides is 1. The molecule has 2 nitrogen and oxygen atoms in total. The van der Waals surface area contributed by atoms with E-state index in [9.17, 15) is 4.39 Å². The standard InChI is InChI=1S/C5H10FNO.ClH/c6-4-1-5(2-7)8-3-4;/h4-5H,1-3,7H2;1H/t4-,5-;/m0./s1. The van der Waals surface area contributed by atoms with E-state index < -0.39 is 6.17 Å². The van der Waals surface area contributed by atoms with Gasteiger partial charge in [0.25, 0.3) is 0 Å². The second-order valence-corrected chi connectivity index (χ2v) is 2.02. The van der Waals surface area contributed by atoms with Gasteiger partial charge in [0.05, 0.1) is 12.7 Å². The molecular weight excluding hydrogens is 145 g/mol. The van der Waals surface area contributed by atoms with E-state index in [4.69, 9.17) is 10.5 Å². The van der Waals surface area contributed by atoms with Gasteiger partial charge in [-0.25, -0.2) is 4.39 Å². The molecule has 0 aromatic carbocycles. The van der Waals surface area contributed by atoms with E-state index in [0.29, 0.717) is 13.0 Å². The Balaban J connectivity index is 0.000000640. The maximum atomic E-state index is 12.2. The van der Waals surface area contributed by atoms with E-state index in [1.54, 1.807) is 0 Å². The minimum Gasteiger partial charge on any atom is -0.374 e. The van der Waals surface area contributed by atoms with Gasteiger partial charge in [-0.1, -0.05) is 0 Å². The summed E-state index contributed by atoms with van der Waals surface area (Å²) in [6, 6.07) is 0. The Labute approximate surface area is 60.0 Å². The van der Waals surface area contributed by atoms with Crippen LogP contribution in [-0.2, 0) is 4.74 Å². The fourth-order valence-electron chi connectivity index (χ4n) is 0.826. The minimum absolute atomic E-state index is 0. The van der Waals surface area contributed by atoms with Gasteiger partial charge in [0, 0.05) is 13.0 Å². The van der Waals surface area contributed by atoms with Gasteiger partial charge >= 0.3 is 0 Å². The third kappa shape index (κ3) is 2.47. The Hall–Kier alpha value is 0.140. The van der Waals surface area contributed by atoms with Crippen LogP contribution < -0.4 is 5.73 Å². The molecule has 1 rings (SSSR count). The molecule has 0 aliphatic carbocycles. The van der Waals surface area contributed by atoms with Crippen molar-refractivity contribution in [2.75, 3.05) is 13.2 Å². The van der Waals surface area contributed by atoms with Crippen LogP contribution in [0.4, 0.5) is 4.39 Å². The summed E-state index contributed by atoms with van der Waals surface area (Å²) in [6.07, 6.45) is -0.315. The van der Waals surface area contributed by atoms with Crippen LogP contribution in [0.5, 0.6) is 0 Å². The van der Waals surface area contributed by atoms with E-state index in [2.05, 4.69) is 0 Å². The Morgan fingerprint density at radius 2 is 2.33 bits per heavy atom. The Morgan fingerprint density at radius 1 is 1.67 bits per heavy atom. The fourth-order valence-corrected chi connectivity index (χ4v) is 0.826. The molecule has 0 aromatic rings. The number of halogens is 2. The summed E-state index contributed by atoms with van der Waals surface area (Å²) >= 11 is 0. The maximum Gasteiger partial charge on any atom is 0.126 e. The molecule has 0 unspecified atom stereocenters. The molecule has 0 radical (unpaired) electrons. The van der Waals surface area contributed by atoms with Crippen molar-refractivity contribution in [3.63, 3.8) is 0 Å². The monoisotopic (exact) mass is 155 g/mol. The summed E-state index contributed by atoms with van der Waals surface area (Å²) in [5, 5.41) is 0. The zero-order chi connectivity index (χ0) is 5.98. The number of hydrogen-bond acceptors (Lipinski definition) is 2. The van der Waals surface area contributed by atoms with Crippen LogP contribution in [0.1, 0.15) is 6.42 Å². The Kier molecular flexibility index (Phi) is 4.10. The van der Waals surface area contributed by atoms with Crippen LogP contribution in [0.2, 0.25) is 0 Å². The summed E-state index contributed by atoms with van der Waals surface area (Å²) < 4.78 is 17.1. The molecule has 0 bridgehead atoms. The highest BCUT2D eigenvalue weighted by molar-refractivity contribution is 5.85. The molecule has 2 N–H and O–H groups in total. The van der Waals surface area contributed by atoms with Crippen molar-refractivity contribution < 1.29 is 9.13 Å². The van der Waals surface area contributed by atoms with Crippen LogP contribution in [0.3, 0.4) is 0 Å². The first-order valence-corrected chi connectivity index (χ1v) is 2.78. The molecule has 0 amide bonds. The molecule has 1 heterocycles. The number of rotatable bonds is 1. The molecule has 1 aliphatic rings. The van der Waals surface area contributed by atoms with Gasteiger partial charge in [0.15, 0.2) is 0 Å². The second-order valence-electron chi connectivity index (χ2n) is 2.02. The molecular formula is C5H11ClFNO. The van der Waals surface area contributed by atoms with Crippen molar-refractivity contribution in [2.45, 2.75) is 18.7 Å². The lowest BCUT2D eigenvalue weighted by Gasteiger charge is -2.01. The second kappa shape index (κ2) is 4.04. The Morgan fingerprint density at radius 3 is 2.56 bits per heavy atom. The predicted molar refractivity (Wildman–Crippen MR) is 35.6 cm³/mol. The number of hydrogen-bond donors (Lipinski definition) is 1. The topological polar surface area (TPSA) is 35.2 Å². The van der Waals surface area contributed by atoms with Crippen molar-refractivity contribution in [3.05, 3.63) is 0 Å². The van der Waals surface area contributed by atoms with Gasteiger partial charge < -0.3 is 10.5 Å². The van der Waals surface area contributed by atoms with Crippen LogP contribution in [0.25, 0.3) is 0 Å². The summed E-state index contributed by atoms with van der Waals surface area (Å²) in [6.45, 7) is 0.683. The van der Waals surface area contributed by atoms with Crippen LogP contribution >= 0.6 is 12.4 Å². The zero-order valence-corrected chi connectivity index (χ0v) is 5.86. The van der Waals surface area contributed by atoms with Crippen molar-refractivity contribution in [3.8, 4) is 0 Å². The lowest BCUT2D eigenvalue weighted by Crippen LogP contribution is -2.18. The average molecular weight is 156 g/mol. The number of nitrogens with two attached hydrogens (primary N) is 1. The van der Waals surface area contributed by atoms with E-state index in [1.807, 2.05) is 0 Å². The van der Waals surface area contributed by atoms with Crippen molar-refractivity contribution in [1.29, 1.82) is 0 Å². The maximum absolute atomic E-state index is 12.2. The summed E-state index contributed by atoms with van der Waals surface area (Å²) in [7, 11) is 0. The molecule has 0 saturated carbocycles. The highest BCUT2D eigenvalue weighted by Crippen LogP contribution is 2.14. The van der Waals surface area contributed by atoms with Crippen molar-refractivity contribution in [1.82, 2.24) is 0 Å². The predicted octanol–water partition coefficient (Wildman–Crippen LogP) is 0.494. The van der Waals surface area contributed by atoms with E-state index in [1.165, 1.54) is 0 Å². The van der Waals surface area contributed by atoms with E-state index >= 15 is 0 Å². The molecule has 0 aromatic heterocycles. The zero-order valence-electron chi connectivity index (χ0n) is 5.05. The molecule has 9 heavy (non-hydrogen) atoms. The largest absolute Gasteiger partial charge is 0.374 e. The van der Waals surface area contributed by atoms with Gasteiger partial charge in [-0.2, -0.15) is 0 Å². The van der Waals surface area contributed by atoms with Crippen molar-refractivity contribution in [2.24, 2.45) is 5.73 Å². The third-order valence-electron chi connectivity index (χ3n) is 1.29. The van der Waals surface area contributed by atoms with Crippen molar-refractivity contribution >= 4 is 12.4 Å². The molecule has 1 aliphatic heterocycles. The first-order chi connectivity index (χ1) is 3.83. The molecule has 0 spiro atoms. The fraction of sp³-hybridized carbons (Fsp3) is 1.00. The lowest BCUT2D eigenvalue weighted by atomic mass is 10.2. The molecule has 4 heteroatoms. The first-order valence-electron chi connectivity index (χ1n) is 2.78. The van der Waals surface area contributed by atoms with E-state index in [-0.39, 0.29) is 25.1 Å². The van der Waals surface area contributed by atoms with Crippen LogP contribution in [0, 0.1) is 0 Å². The van der Waals surface area contributed by atoms with Gasteiger partial charge in [-0.05, 0) is 0 Å². The highest BCUT2D eigenvalue weighted by Gasteiger charge is 2.22. The molecule has 56 valence electrons. The van der Waals surface area contributed by atoms with Gasteiger partial charge in [0.1, 0.15) is 6.17 Å². The number of ether oxygens (including phenoxy) is 1. The highest BCUT2D eigenvalue weighted by atomic mass is 35.5. The summed E-state index contributed by atoms with van der Waals surface area (Å²) in [5.74, 6) is 0. The van der Waals surface area contributed by atoms with Crippen LogP contribution in [0.15, 0.2) is 0 Å². The summed E-state index contributed by atoms with van der Waals surface area (Å²) in [4.78, 5) is 0. The van der Waals surface area contributed by atoms with Gasteiger partial charge in [-0.3, -0.25) is 0 Å².